The third-order valence-corrected chi connectivity index (χ3v) is 16.5. The van der Waals surface area contributed by atoms with E-state index in [0.29, 0.717) is 96.2 Å². The lowest BCUT2D eigenvalue weighted by Crippen LogP contribution is -2.61. The molecule has 8 N–H and O–H groups in total. The first-order chi connectivity index (χ1) is 25.8. The van der Waals surface area contributed by atoms with E-state index in [-0.39, 0.29) is 12.3 Å². The second-order valence-electron chi connectivity index (χ2n) is 18.8. The predicted octanol–water partition coefficient (Wildman–Crippen LogP) is 5.39. The molecule has 4 saturated carbocycles. The van der Waals surface area contributed by atoms with Crippen molar-refractivity contribution in [2.24, 2.45) is 47.3 Å². The van der Waals surface area contributed by atoms with Crippen molar-refractivity contribution < 1.29 is 0 Å². The van der Waals surface area contributed by atoms with E-state index in [0.717, 1.165) is 0 Å². The van der Waals surface area contributed by atoms with Gasteiger partial charge in [-0.3, -0.25) is 42.5 Å². The van der Waals surface area contributed by atoms with Crippen LogP contribution < -0.4 is 42.5 Å². The van der Waals surface area contributed by atoms with Crippen molar-refractivity contribution in [1.82, 2.24) is 42.5 Å². The summed E-state index contributed by atoms with van der Waals surface area (Å²) in [4.78, 5) is 0. The molecule has 5 aliphatic heterocycles. The van der Waals surface area contributed by atoms with Crippen LogP contribution in [0.1, 0.15) is 113 Å². The Morgan fingerprint density at radius 3 is 0.827 bits per heavy atom. The maximum Gasteiger partial charge on any atom is 0.0634 e. The summed E-state index contributed by atoms with van der Waals surface area (Å²) < 4.78 is 0. The number of rotatable bonds is 2. The van der Waals surface area contributed by atoms with Gasteiger partial charge in [-0.1, -0.05) is 99.2 Å². The highest BCUT2D eigenvalue weighted by Gasteiger charge is 2.57. The Balaban J connectivity index is 0.997. The van der Waals surface area contributed by atoms with Gasteiger partial charge in [-0.05, 0) is 110 Å². The Bertz CT molecular complexity index is 1410. The minimum atomic E-state index is 0.236. The molecular formula is C44H64N8. The van der Waals surface area contributed by atoms with Gasteiger partial charge in [0.25, 0.3) is 0 Å². The van der Waals surface area contributed by atoms with Gasteiger partial charge in [0.05, 0.1) is 49.3 Å². The minimum absolute atomic E-state index is 0.236. The van der Waals surface area contributed by atoms with Gasteiger partial charge < -0.3 is 0 Å². The molecule has 18 unspecified atom stereocenters. The van der Waals surface area contributed by atoms with Crippen LogP contribution in [0.15, 0.2) is 60.7 Å². The zero-order valence-electron chi connectivity index (χ0n) is 31.1. The van der Waals surface area contributed by atoms with Gasteiger partial charge in [-0.25, -0.2) is 0 Å². The third kappa shape index (κ3) is 5.77. The van der Waals surface area contributed by atoms with Gasteiger partial charge in [0.15, 0.2) is 0 Å². The Kier molecular flexibility index (Phi) is 9.01. The standard InChI is InChI=1S/C44H64N8/c1-3-13-25(14-4-1)27-23-24-28(26-15-5-2-6-16-26)36-35(27)43-50-41-33-21-11-9-19-31(33)39(48-41)46-37-29-17-7-8-18-30(29)38(45-37)47-40-32-20-10-12-22-34(32)42(49-40)51-44(36)52-43/h1-6,13-16,27-52H,7-12,17-24H2. The molecule has 0 spiro atoms. The summed E-state index contributed by atoms with van der Waals surface area (Å²) in [5.41, 5.74) is 3.05. The smallest absolute Gasteiger partial charge is 0.0634 e. The quantitative estimate of drug-likeness (QED) is 0.211. The summed E-state index contributed by atoms with van der Waals surface area (Å²) >= 11 is 0. The van der Waals surface area contributed by atoms with Crippen molar-refractivity contribution in [3.8, 4) is 0 Å². The molecule has 9 aliphatic rings. The molecule has 11 rings (SSSR count). The van der Waals surface area contributed by atoms with Gasteiger partial charge in [0.1, 0.15) is 0 Å². The third-order valence-electron chi connectivity index (χ3n) is 16.5. The summed E-state index contributed by atoms with van der Waals surface area (Å²) in [6.45, 7) is 0. The maximum atomic E-state index is 4.43. The first-order valence-corrected chi connectivity index (χ1v) is 22.0. The summed E-state index contributed by atoms with van der Waals surface area (Å²) in [5.74, 6) is 6.13. The highest BCUT2D eigenvalue weighted by molar-refractivity contribution is 5.29. The molecule has 52 heavy (non-hydrogen) atoms. The van der Waals surface area contributed by atoms with Gasteiger partial charge in [0, 0.05) is 11.8 Å². The predicted molar refractivity (Wildman–Crippen MR) is 206 cm³/mol. The van der Waals surface area contributed by atoms with E-state index in [1.165, 1.54) is 101 Å². The molecule has 8 heteroatoms. The van der Waals surface area contributed by atoms with E-state index in [1.54, 1.807) is 0 Å². The molecule has 8 nitrogen and oxygen atoms in total. The summed E-state index contributed by atoms with van der Waals surface area (Å²) in [6.07, 6.45) is 21.3. The Hall–Kier alpha value is -1.88. The van der Waals surface area contributed by atoms with Crippen LogP contribution >= 0.6 is 0 Å². The molecule has 2 aromatic carbocycles. The topological polar surface area (TPSA) is 96.2 Å². The van der Waals surface area contributed by atoms with Crippen molar-refractivity contribution in [3.63, 3.8) is 0 Å². The number of benzene rings is 2. The van der Waals surface area contributed by atoms with Crippen LogP contribution in [0.3, 0.4) is 0 Å². The molecule has 5 saturated heterocycles. The Morgan fingerprint density at radius 2 is 0.538 bits per heavy atom. The van der Waals surface area contributed by atoms with Gasteiger partial charge in [-0.15, -0.1) is 0 Å². The number of hydrogen-bond acceptors (Lipinski definition) is 8. The van der Waals surface area contributed by atoms with Crippen molar-refractivity contribution >= 4 is 0 Å². The SMILES string of the molecule is c1ccc(C2CCC(c3ccccc3)C3C4NC5NC(NC6NC(NC7NC(NC(N4)C23)C2CCCCC72)C2CCCCC62)C2CCCCC52)cc1. The van der Waals surface area contributed by atoms with E-state index >= 15 is 0 Å². The van der Waals surface area contributed by atoms with E-state index in [1.807, 2.05) is 0 Å². The van der Waals surface area contributed by atoms with Gasteiger partial charge >= 0.3 is 0 Å². The largest absolute Gasteiger partial charge is 0.286 e. The first-order valence-electron chi connectivity index (χ1n) is 22.0. The highest BCUT2D eigenvalue weighted by Crippen LogP contribution is 2.54. The van der Waals surface area contributed by atoms with Crippen molar-refractivity contribution in [2.75, 3.05) is 0 Å². The van der Waals surface area contributed by atoms with E-state index in [2.05, 4.69) is 103 Å². The minimum Gasteiger partial charge on any atom is -0.286 e. The fourth-order valence-electron chi connectivity index (χ4n) is 14.3. The van der Waals surface area contributed by atoms with E-state index in [4.69, 9.17) is 0 Å². The zero-order valence-corrected chi connectivity index (χ0v) is 31.1. The number of fused-ring (bicyclic) bond motifs is 20. The zero-order chi connectivity index (χ0) is 34.2. The van der Waals surface area contributed by atoms with Gasteiger partial charge in [-0.2, -0.15) is 0 Å². The average Bonchev–Trinajstić information content (AvgIpc) is 3.94. The van der Waals surface area contributed by atoms with Crippen LogP contribution in [-0.2, 0) is 0 Å². The fourth-order valence-corrected chi connectivity index (χ4v) is 14.3. The summed E-state index contributed by atoms with van der Waals surface area (Å²) in [6, 6.07) is 23.2. The fraction of sp³-hybridized carbons (Fsp3) is 0.727. The van der Waals surface area contributed by atoms with Crippen molar-refractivity contribution in [2.45, 2.75) is 151 Å². The monoisotopic (exact) mass is 705 g/mol. The number of hydrogen-bond donors (Lipinski definition) is 8. The average molecular weight is 705 g/mol. The normalized spacial score (nSPS) is 49.8. The Morgan fingerprint density at radius 1 is 0.288 bits per heavy atom. The molecular weight excluding hydrogens is 641 g/mol. The second-order valence-corrected chi connectivity index (χ2v) is 18.8. The summed E-state index contributed by atoms with van der Waals surface area (Å²) in [7, 11) is 0. The lowest BCUT2D eigenvalue weighted by molar-refractivity contribution is 0.137. The molecule has 0 aromatic heterocycles. The van der Waals surface area contributed by atoms with Crippen LogP contribution in [-0.4, -0.2) is 49.3 Å². The maximum absolute atomic E-state index is 4.43. The molecule has 9 fully saturated rings. The second kappa shape index (κ2) is 14.0. The molecule has 2 aromatic rings. The summed E-state index contributed by atoms with van der Waals surface area (Å²) in [5, 5.41) is 34.7. The number of nitrogens with one attached hydrogen (secondary N) is 8. The molecule has 0 radical (unpaired) electrons. The Labute approximate surface area is 312 Å². The lowest BCUT2D eigenvalue weighted by Gasteiger charge is -2.44. The van der Waals surface area contributed by atoms with E-state index < -0.39 is 0 Å². The van der Waals surface area contributed by atoms with Crippen LogP contribution in [0.25, 0.3) is 0 Å². The van der Waals surface area contributed by atoms with E-state index in [9.17, 15) is 0 Å². The van der Waals surface area contributed by atoms with Crippen molar-refractivity contribution in [3.05, 3.63) is 71.8 Å². The van der Waals surface area contributed by atoms with Crippen LogP contribution in [0.5, 0.6) is 0 Å². The molecule has 5 heterocycles. The highest BCUT2D eigenvalue weighted by atomic mass is 15.4. The molecule has 18 atom stereocenters. The molecule has 280 valence electrons. The molecule has 0 amide bonds. The lowest BCUT2D eigenvalue weighted by atomic mass is 9.62. The van der Waals surface area contributed by atoms with Crippen LogP contribution in [0.2, 0.25) is 0 Å². The van der Waals surface area contributed by atoms with Crippen LogP contribution in [0.4, 0.5) is 0 Å². The van der Waals surface area contributed by atoms with Crippen LogP contribution in [0, 0.1) is 47.3 Å². The molecule has 4 aliphatic carbocycles. The van der Waals surface area contributed by atoms with Gasteiger partial charge in [0.2, 0.25) is 0 Å². The molecule has 8 bridgehead atoms. The first kappa shape index (κ1) is 33.5. The van der Waals surface area contributed by atoms with Crippen molar-refractivity contribution in [1.29, 1.82) is 0 Å².